The Kier molecular flexibility index (Phi) is 3.24. The highest BCUT2D eigenvalue weighted by atomic mass is 127. The molecule has 2 saturated carbocycles. The molecule has 0 aromatic heterocycles. The van der Waals surface area contributed by atoms with Crippen molar-refractivity contribution < 1.29 is 14.7 Å². The van der Waals surface area contributed by atoms with Gasteiger partial charge < -0.3 is 10.4 Å². The Bertz CT molecular complexity index is 548. The van der Waals surface area contributed by atoms with E-state index in [9.17, 15) is 9.59 Å². The van der Waals surface area contributed by atoms with Gasteiger partial charge in [0.2, 0.25) is 5.91 Å². The molecule has 19 heavy (non-hydrogen) atoms. The van der Waals surface area contributed by atoms with Gasteiger partial charge in [-0.2, -0.15) is 0 Å². The summed E-state index contributed by atoms with van der Waals surface area (Å²) in [6, 6.07) is 5.05. The van der Waals surface area contributed by atoms with Gasteiger partial charge in [0, 0.05) is 9.49 Å². The topological polar surface area (TPSA) is 66.4 Å². The maximum absolute atomic E-state index is 12.1. The van der Waals surface area contributed by atoms with E-state index in [2.05, 4.69) is 27.9 Å². The first kappa shape index (κ1) is 12.9. The quantitative estimate of drug-likeness (QED) is 0.803. The van der Waals surface area contributed by atoms with Gasteiger partial charge in [-0.25, -0.2) is 4.79 Å². The van der Waals surface area contributed by atoms with Crippen molar-refractivity contribution in [1.29, 1.82) is 0 Å². The van der Waals surface area contributed by atoms with Crippen LogP contribution in [0.2, 0.25) is 0 Å². The molecule has 1 amide bonds. The number of anilines is 1. The zero-order valence-electron chi connectivity index (χ0n) is 10.2. The first-order valence-corrected chi connectivity index (χ1v) is 7.49. The number of amides is 1. The third-order valence-corrected chi connectivity index (χ3v) is 4.85. The standard InChI is InChI=1S/C14H14INO3/c15-7-4-5-11(10(6-7)14(18)19)16-13(17)12-8-2-1-3-9(8)12/h4-6,8-9,12H,1-3H2,(H,16,17)(H,18,19). The lowest BCUT2D eigenvalue weighted by atomic mass is 10.1. The molecule has 1 aromatic carbocycles. The van der Waals surface area contributed by atoms with E-state index < -0.39 is 5.97 Å². The van der Waals surface area contributed by atoms with Crippen LogP contribution in [0.5, 0.6) is 0 Å². The zero-order valence-corrected chi connectivity index (χ0v) is 12.4. The van der Waals surface area contributed by atoms with Crippen molar-refractivity contribution in [3.8, 4) is 0 Å². The number of fused-ring (bicyclic) bond motifs is 1. The normalized spacial score (nSPS) is 27.7. The average molecular weight is 371 g/mol. The lowest BCUT2D eigenvalue weighted by Crippen LogP contribution is -2.18. The fraction of sp³-hybridized carbons (Fsp3) is 0.429. The van der Waals surface area contributed by atoms with Gasteiger partial charge in [0.1, 0.15) is 0 Å². The summed E-state index contributed by atoms with van der Waals surface area (Å²) in [5.74, 6) is 0.159. The molecule has 4 nitrogen and oxygen atoms in total. The van der Waals surface area contributed by atoms with Crippen LogP contribution in [0.4, 0.5) is 5.69 Å². The summed E-state index contributed by atoms with van der Waals surface area (Å²) < 4.78 is 0.844. The van der Waals surface area contributed by atoms with Crippen molar-refractivity contribution in [1.82, 2.24) is 0 Å². The predicted octanol–water partition coefficient (Wildman–Crippen LogP) is 2.97. The van der Waals surface area contributed by atoms with Crippen LogP contribution in [0.25, 0.3) is 0 Å². The second-order valence-corrected chi connectivity index (χ2v) is 6.51. The van der Waals surface area contributed by atoms with Crippen molar-refractivity contribution >= 4 is 40.2 Å². The molecule has 0 saturated heterocycles. The molecule has 0 bridgehead atoms. The molecular formula is C14H14INO3. The van der Waals surface area contributed by atoms with Crippen molar-refractivity contribution in [2.75, 3.05) is 5.32 Å². The molecule has 2 unspecified atom stereocenters. The van der Waals surface area contributed by atoms with E-state index in [4.69, 9.17) is 5.11 Å². The third-order valence-electron chi connectivity index (χ3n) is 4.18. The molecule has 2 aliphatic rings. The Morgan fingerprint density at radius 1 is 1.26 bits per heavy atom. The molecule has 2 N–H and O–H groups in total. The summed E-state index contributed by atoms with van der Waals surface area (Å²) >= 11 is 2.06. The molecule has 0 spiro atoms. The van der Waals surface area contributed by atoms with E-state index in [1.165, 1.54) is 6.42 Å². The van der Waals surface area contributed by atoms with E-state index in [1.54, 1.807) is 18.2 Å². The third kappa shape index (κ3) is 2.35. The van der Waals surface area contributed by atoms with Gasteiger partial charge >= 0.3 is 5.97 Å². The highest BCUT2D eigenvalue weighted by Gasteiger charge is 2.56. The smallest absolute Gasteiger partial charge is 0.337 e. The van der Waals surface area contributed by atoms with Crippen LogP contribution in [-0.4, -0.2) is 17.0 Å². The largest absolute Gasteiger partial charge is 0.478 e. The van der Waals surface area contributed by atoms with Gasteiger partial charge in [0.25, 0.3) is 0 Å². The van der Waals surface area contributed by atoms with Crippen LogP contribution in [-0.2, 0) is 4.79 Å². The fourth-order valence-corrected chi connectivity index (χ4v) is 3.72. The summed E-state index contributed by atoms with van der Waals surface area (Å²) in [6.45, 7) is 0. The van der Waals surface area contributed by atoms with E-state index in [-0.39, 0.29) is 17.4 Å². The first-order chi connectivity index (χ1) is 9.08. The van der Waals surface area contributed by atoms with Crippen LogP contribution in [0.15, 0.2) is 18.2 Å². The van der Waals surface area contributed by atoms with Gasteiger partial charge in [0.15, 0.2) is 0 Å². The minimum absolute atomic E-state index is 0.0154. The minimum atomic E-state index is -1.01. The van der Waals surface area contributed by atoms with Crippen molar-refractivity contribution in [2.45, 2.75) is 19.3 Å². The fourth-order valence-electron chi connectivity index (χ4n) is 3.23. The van der Waals surface area contributed by atoms with Gasteiger partial charge in [-0.1, -0.05) is 6.42 Å². The van der Waals surface area contributed by atoms with E-state index >= 15 is 0 Å². The number of hydrogen-bond acceptors (Lipinski definition) is 2. The highest BCUT2D eigenvalue weighted by molar-refractivity contribution is 14.1. The molecule has 0 heterocycles. The Balaban J connectivity index is 1.76. The average Bonchev–Trinajstić information content (AvgIpc) is 2.85. The molecule has 3 rings (SSSR count). The summed E-state index contributed by atoms with van der Waals surface area (Å²) in [7, 11) is 0. The SMILES string of the molecule is O=C(O)c1cc(I)ccc1NC(=O)C1C2CCCC21. The Morgan fingerprint density at radius 3 is 2.58 bits per heavy atom. The number of nitrogens with one attached hydrogen (secondary N) is 1. The second kappa shape index (κ2) is 4.77. The van der Waals surface area contributed by atoms with E-state index in [0.29, 0.717) is 17.5 Å². The Hall–Kier alpha value is -1.11. The highest BCUT2D eigenvalue weighted by Crippen LogP contribution is 2.57. The summed E-state index contributed by atoms with van der Waals surface area (Å²) in [4.78, 5) is 23.3. The molecule has 0 aliphatic heterocycles. The van der Waals surface area contributed by atoms with Gasteiger partial charge in [0.05, 0.1) is 11.3 Å². The van der Waals surface area contributed by atoms with E-state index in [0.717, 1.165) is 16.4 Å². The van der Waals surface area contributed by atoms with Gasteiger partial charge in [-0.15, -0.1) is 0 Å². The molecule has 2 fully saturated rings. The van der Waals surface area contributed by atoms with Crippen LogP contribution < -0.4 is 5.32 Å². The van der Waals surface area contributed by atoms with E-state index in [1.807, 2.05) is 0 Å². The summed E-state index contributed by atoms with van der Waals surface area (Å²) in [5, 5.41) is 12.0. The molecular weight excluding hydrogens is 357 g/mol. The number of rotatable bonds is 3. The second-order valence-electron chi connectivity index (χ2n) is 5.27. The maximum Gasteiger partial charge on any atom is 0.337 e. The van der Waals surface area contributed by atoms with Crippen LogP contribution in [0.3, 0.4) is 0 Å². The zero-order chi connectivity index (χ0) is 13.6. The van der Waals surface area contributed by atoms with Crippen molar-refractivity contribution in [3.63, 3.8) is 0 Å². The van der Waals surface area contributed by atoms with Crippen LogP contribution in [0, 0.1) is 21.3 Å². The molecule has 5 heteroatoms. The van der Waals surface area contributed by atoms with Gasteiger partial charge in [-0.05, 0) is 65.5 Å². The van der Waals surface area contributed by atoms with Crippen molar-refractivity contribution in [3.05, 3.63) is 27.3 Å². The Labute approximate surface area is 124 Å². The number of aromatic carboxylic acids is 1. The number of carbonyl (C=O) groups is 2. The first-order valence-electron chi connectivity index (χ1n) is 6.41. The molecule has 2 aliphatic carbocycles. The summed E-state index contributed by atoms with van der Waals surface area (Å²) in [5.41, 5.74) is 0.564. The minimum Gasteiger partial charge on any atom is -0.478 e. The maximum atomic E-state index is 12.1. The number of carboxylic acids is 1. The number of carbonyl (C=O) groups excluding carboxylic acids is 1. The number of benzene rings is 1. The molecule has 1 aromatic rings. The van der Waals surface area contributed by atoms with Gasteiger partial charge in [-0.3, -0.25) is 4.79 Å². The lowest BCUT2D eigenvalue weighted by Gasteiger charge is -2.10. The molecule has 0 radical (unpaired) electrons. The lowest BCUT2D eigenvalue weighted by molar-refractivity contribution is -0.118. The Morgan fingerprint density at radius 2 is 1.95 bits per heavy atom. The van der Waals surface area contributed by atoms with Crippen LogP contribution in [0.1, 0.15) is 29.6 Å². The number of carboxylic acid groups (broad SMARTS) is 1. The summed E-state index contributed by atoms with van der Waals surface area (Å²) in [6.07, 6.45) is 3.51. The predicted molar refractivity (Wildman–Crippen MR) is 79.1 cm³/mol. The number of halogens is 1. The monoisotopic (exact) mass is 371 g/mol. The molecule has 100 valence electrons. The van der Waals surface area contributed by atoms with Crippen molar-refractivity contribution in [2.24, 2.45) is 17.8 Å². The van der Waals surface area contributed by atoms with Crippen LogP contribution >= 0.6 is 22.6 Å². The number of hydrogen-bond donors (Lipinski definition) is 2. The molecule has 2 atom stereocenters.